The Morgan fingerprint density at radius 1 is 1.00 bits per heavy atom. The number of benzene rings is 3. The fourth-order valence-corrected chi connectivity index (χ4v) is 4.97. The van der Waals surface area contributed by atoms with Crippen LogP contribution in [0.3, 0.4) is 0 Å². The summed E-state index contributed by atoms with van der Waals surface area (Å²) < 4.78 is 28.0. The van der Waals surface area contributed by atoms with E-state index in [4.69, 9.17) is 11.6 Å². The highest BCUT2D eigenvalue weighted by atomic mass is 35.5. The van der Waals surface area contributed by atoms with Crippen molar-refractivity contribution in [3.05, 3.63) is 94.5 Å². The fourth-order valence-electron chi connectivity index (χ4n) is 3.36. The van der Waals surface area contributed by atoms with Gasteiger partial charge in [-0.15, -0.1) is 0 Å². The SMILES string of the molecule is CCC(NC(=O)CN(c1ccc(C)c(Cl)c1)S(=O)(=O)c1ccccc1)c1ccc(C)cc1. The second-order valence-electron chi connectivity index (χ2n) is 7.70. The molecule has 3 aromatic rings. The highest BCUT2D eigenvalue weighted by Crippen LogP contribution is 2.28. The van der Waals surface area contributed by atoms with Gasteiger partial charge < -0.3 is 5.32 Å². The van der Waals surface area contributed by atoms with Crippen molar-refractivity contribution in [3.8, 4) is 0 Å². The van der Waals surface area contributed by atoms with Crippen LogP contribution in [-0.2, 0) is 14.8 Å². The van der Waals surface area contributed by atoms with Crippen LogP contribution in [0.1, 0.15) is 36.1 Å². The molecule has 0 heterocycles. The summed E-state index contributed by atoms with van der Waals surface area (Å²) >= 11 is 6.27. The van der Waals surface area contributed by atoms with Gasteiger partial charge in [-0.1, -0.05) is 72.6 Å². The number of hydrogen-bond donors (Lipinski definition) is 1. The molecule has 1 amide bonds. The number of carbonyl (C=O) groups is 1. The molecule has 168 valence electrons. The van der Waals surface area contributed by atoms with Gasteiger partial charge in [-0.05, 0) is 55.7 Å². The molecule has 0 saturated carbocycles. The number of amides is 1. The van der Waals surface area contributed by atoms with Gasteiger partial charge in [0.05, 0.1) is 16.6 Å². The number of nitrogens with one attached hydrogen (secondary N) is 1. The first-order chi connectivity index (χ1) is 15.2. The Bertz CT molecular complexity index is 1180. The molecule has 3 rings (SSSR count). The zero-order valence-corrected chi connectivity index (χ0v) is 20.0. The summed E-state index contributed by atoms with van der Waals surface area (Å²) in [4.78, 5) is 13.1. The maximum atomic E-state index is 13.4. The third-order valence-electron chi connectivity index (χ3n) is 5.29. The summed E-state index contributed by atoms with van der Waals surface area (Å²) in [6, 6.07) is 20.7. The van der Waals surface area contributed by atoms with E-state index in [2.05, 4.69) is 5.32 Å². The van der Waals surface area contributed by atoms with Crippen LogP contribution in [0.5, 0.6) is 0 Å². The van der Waals surface area contributed by atoms with Gasteiger partial charge in [-0.3, -0.25) is 9.10 Å². The Kier molecular flexibility index (Phi) is 7.59. The minimum absolute atomic E-state index is 0.107. The first kappa shape index (κ1) is 23.8. The van der Waals surface area contributed by atoms with Crippen molar-refractivity contribution in [3.63, 3.8) is 0 Å². The first-order valence-corrected chi connectivity index (χ1v) is 12.2. The van der Waals surface area contributed by atoms with Crippen LogP contribution in [0.2, 0.25) is 5.02 Å². The average molecular weight is 471 g/mol. The third kappa shape index (κ3) is 5.50. The number of anilines is 1. The van der Waals surface area contributed by atoms with Crippen LogP contribution in [0.4, 0.5) is 5.69 Å². The zero-order chi connectivity index (χ0) is 23.3. The van der Waals surface area contributed by atoms with Crippen LogP contribution in [0, 0.1) is 13.8 Å². The lowest BCUT2D eigenvalue weighted by atomic mass is 10.0. The van der Waals surface area contributed by atoms with Crippen LogP contribution in [0.15, 0.2) is 77.7 Å². The van der Waals surface area contributed by atoms with Crippen molar-refractivity contribution in [1.29, 1.82) is 0 Å². The van der Waals surface area contributed by atoms with Crippen LogP contribution in [-0.4, -0.2) is 20.9 Å². The molecule has 0 aliphatic heterocycles. The molecular weight excluding hydrogens is 444 g/mol. The van der Waals surface area contributed by atoms with Gasteiger partial charge in [0.2, 0.25) is 5.91 Å². The molecule has 1 atom stereocenters. The average Bonchev–Trinajstić information content (AvgIpc) is 2.79. The molecule has 0 aromatic heterocycles. The van der Waals surface area contributed by atoms with Crippen molar-refractivity contribution in [2.75, 3.05) is 10.8 Å². The first-order valence-electron chi connectivity index (χ1n) is 10.4. The molecule has 5 nitrogen and oxygen atoms in total. The van der Waals surface area contributed by atoms with E-state index in [0.717, 1.165) is 21.0 Å². The lowest BCUT2D eigenvalue weighted by Crippen LogP contribution is -2.42. The second-order valence-corrected chi connectivity index (χ2v) is 9.97. The van der Waals surface area contributed by atoms with Gasteiger partial charge in [-0.2, -0.15) is 0 Å². The smallest absolute Gasteiger partial charge is 0.264 e. The molecular formula is C25H27ClN2O3S. The third-order valence-corrected chi connectivity index (χ3v) is 7.48. The lowest BCUT2D eigenvalue weighted by Gasteiger charge is -2.26. The van der Waals surface area contributed by atoms with Crippen LogP contribution < -0.4 is 9.62 Å². The summed E-state index contributed by atoms with van der Waals surface area (Å²) in [6.45, 7) is 5.45. The molecule has 32 heavy (non-hydrogen) atoms. The Morgan fingerprint density at radius 2 is 1.66 bits per heavy atom. The fraction of sp³-hybridized carbons (Fsp3) is 0.240. The van der Waals surface area contributed by atoms with Gasteiger partial charge in [0.1, 0.15) is 6.54 Å². The quantitative estimate of drug-likeness (QED) is 0.478. The molecule has 0 aliphatic carbocycles. The van der Waals surface area contributed by atoms with Gasteiger partial charge >= 0.3 is 0 Å². The van der Waals surface area contributed by atoms with E-state index < -0.39 is 15.9 Å². The van der Waals surface area contributed by atoms with Crippen molar-refractivity contribution in [1.82, 2.24) is 5.32 Å². The van der Waals surface area contributed by atoms with Gasteiger partial charge in [-0.25, -0.2) is 8.42 Å². The summed E-state index contributed by atoms with van der Waals surface area (Å²) in [5.74, 6) is -0.395. The zero-order valence-electron chi connectivity index (χ0n) is 18.4. The van der Waals surface area contributed by atoms with Crippen molar-refractivity contribution < 1.29 is 13.2 Å². The van der Waals surface area contributed by atoms with E-state index >= 15 is 0 Å². The van der Waals surface area contributed by atoms with E-state index in [-0.39, 0.29) is 17.5 Å². The van der Waals surface area contributed by atoms with E-state index in [1.807, 2.05) is 45.0 Å². The highest BCUT2D eigenvalue weighted by molar-refractivity contribution is 7.92. The minimum Gasteiger partial charge on any atom is -0.348 e. The molecule has 0 fully saturated rings. The van der Waals surface area contributed by atoms with E-state index in [1.165, 1.54) is 12.1 Å². The standard InChI is InChI=1S/C25H27ClN2O3S/c1-4-24(20-13-10-18(2)11-14-20)27-25(29)17-28(21-15-12-19(3)23(26)16-21)32(30,31)22-8-6-5-7-9-22/h5-16,24H,4,17H2,1-3H3,(H,27,29). The van der Waals surface area contributed by atoms with Crippen molar-refractivity contribution >= 4 is 33.2 Å². The van der Waals surface area contributed by atoms with E-state index in [1.54, 1.807) is 36.4 Å². The summed E-state index contributed by atoms with van der Waals surface area (Å²) in [5, 5.41) is 3.41. The largest absolute Gasteiger partial charge is 0.348 e. The predicted molar refractivity (Wildman–Crippen MR) is 130 cm³/mol. The molecule has 0 spiro atoms. The molecule has 0 radical (unpaired) electrons. The number of aryl methyl sites for hydroxylation is 2. The Labute approximate surface area is 195 Å². The maximum absolute atomic E-state index is 13.4. The highest BCUT2D eigenvalue weighted by Gasteiger charge is 2.28. The maximum Gasteiger partial charge on any atom is 0.264 e. The summed E-state index contributed by atoms with van der Waals surface area (Å²) in [5.41, 5.74) is 3.26. The molecule has 0 bridgehead atoms. The molecule has 1 N–H and O–H groups in total. The molecule has 0 saturated heterocycles. The molecule has 1 unspecified atom stereocenters. The minimum atomic E-state index is -3.98. The Balaban J connectivity index is 1.92. The topological polar surface area (TPSA) is 66.5 Å². The van der Waals surface area contributed by atoms with Gasteiger partial charge in [0, 0.05) is 5.02 Å². The van der Waals surface area contributed by atoms with E-state index in [9.17, 15) is 13.2 Å². The number of rotatable bonds is 8. The number of sulfonamides is 1. The van der Waals surface area contributed by atoms with Gasteiger partial charge in [0.25, 0.3) is 10.0 Å². The normalized spacial score (nSPS) is 12.2. The predicted octanol–water partition coefficient (Wildman–Crippen LogP) is 5.42. The van der Waals surface area contributed by atoms with E-state index in [0.29, 0.717) is 17.1 Å². The molecule has 0 aliphatic rings. The van der Waals surface area contributed by atoms with Gasteiger partial charge in [0.15, 0.2) is 0 Å². The second kappa shape index (κ2) is 10.2. The lowest BCUT2D eigenvalue weighted by molar-refractivity contribution is -0.120. The Morgan fingerprint density at radius 3 is 2.25 bits per heavy atom. The van der Waals surface area contributed by atoms with Crippen LogP contribution >= 0.6 is 11.6 Å². The van der Waals surface area contributed by atoms with Crippen LogP contribution in [0.25, 0.3) is 0 Å². The van der Waals surface area contributed by atoms with Crippen molar-refractivity contribution in [2.24, 2.45) is 0 Å². The molecule has 7 heteroatoms. The number of halogens is 1. The molecule has 3 aromatic carbocycles. The summed E-state index contributed by atoms with van der Waals surface area (Å²) in [7, 11) is -3.98. The number of hydrogen-bond acceptors (Lipinski definition) is 3. The summed E-state index contributed by atoms with van der Waals surface area (Å²) in [6.07, 6.45) is 0.677. The van der Waals surface area contributed by atoms with Crippen molar-refractivity contribution in [2.45, 2.75) is 38.1 Å². The number of nitrogens with zero attached hydrogens (tertiary/aromatic N) is 1. The monoisotopic (exact) mass is 470 g/mol. The Hall–Kier alpha value is -2.83. The number of carbonyl (C=O) groups excluding carboxylic acids is 1.